The van der Waals surface area contributed by atoms with Crippen molar-refractivity contribution in [2.45, 2.75) is 26.3 Å². The first-order valence-corrected chi connectivity index (χ1v) is 4.60. The fourth-order valence-electron chi connectivity index (χ4n) is 1.38. The van der Waals surface area contributed by atoms with E-state index in [0.717, 1.165) is 12.0 Å². The summed E-state index contributed by atoms with van der Waals surface area (Å²) in [6.07, 6.45) is 0.892. The number of halogens is 2. The fraction of sp³-hybridized carbons (Fsp3) is 0.455. The van der Waals surface area contributed by atoms with Crippen molar-refractivity contribution in [3.05, 3.63) is 35.6 Å². The van der Waals surface area contributed by atoms with Gasteiger partial charge in [-0.2, -0.15) is 0 Å². The first kappa shape index (κ1) is 13.4. The van der Waals surface area contributed by atoms with Gasteiger partial charge in [-0.05, 0) is 30.0 Å². The van der Waals surface area contributed by atoms with Crippen molar-refractivity contribution in [1.29, 1.82) is 0 Å². The lowest BCUT2D eigenvalue weighted by atomic mass is 9.98. The van der Waals surface area contributed by atoms with Crippen LogP contribution < -0.4 is 5.73 Å². The normalized spacial score (nSPS) is 12.4. The van der Waals surface area contributed by atoms with Crippen molar-refractivity contribution in [2.75, 3.05) is 0 Å². The van der Waals surface area contributed by atoms with Crippen LogP contribution in [0, 0.1) is 11.7 Å². The monoisotopic (exact) mass is 217 g/mol. The van der Waals surface area contributed by atoms with Gasteiger partial charge in [0.15, 0.2) is 0 Å². The van der Waals surface area contributed by atoms with Crippen LogP contribution in [0.4, 0.5) is 4.39 Å². The minimum atomic E-state index is -0.211. The van der Waals surface area contributed by atoms with Crippen LogP contribution in [0.15, 0.2) is 24.3 Å². The van der Waals surface area contributed by atoms with Crippen molar-refractivity contribution < 1.29 is 4.39 Å². The quantitative estimate of drug-likeness (QED) is 0.826. The summed E-state index contributed by atoms with van der Waals surface area (Å²) in [5.74, 6) is 0.329. The van der Waals surface area contributed by atoms with E-state index in [9.17, 15) is 4.39 Å². The molecule has 0 spiro atoms. The molecule has 1 unspecified atom stereocenters. The minimum absolute atomic E-state index is 0. The van der Waals surface area contributed by atoms with Crippen LogP contribution in [0.5, 0.6) is 0 Å². The minimum Gasteiger partial charge on any atom is -0.324 e. The molecule has 14 heavy (non-hydrogen) atoms. The van der Waals surface area contributed by atoms with E-state index in [-0.39, 0.29) is 24.3 Å². The Morgan fingerprint density at radius 1 is 1.36 bits per heavy atom. The molecule has 1 rings (SSSR count). The standard InChI is InChI=1S/C11H16FN.ClH/c1-8(2)6-11(13)9-4-3-5-10(12)7-9;/h3-5,7-8,11H,6,13H2,1-2H3;1H. The molecule has 1 atom stereocenters. The molecule has 0 bridgehead atoms. The molecule has 0 aliphatic heterocycles. The molecule has 0 saturated heterocycles. The molecule has 1 aromatic carbocycles. The predicted octanol–water partition coefficient (Wildman–Crippen LogP) is 3.29. The molecule has 0 fully saturated rings. The van der Waals surface area contributed by atoms with Gasteiger partial charge in [-0.25, -0.2) is 4.39 Å². The summed E-state index contributed by atoms with van der Waals surface area (Å²) >= 11 is 0. The van der Waals surface area contributed by atoms with Gasteiger partial charge in [0.25, 0.3) is 0 Å². The van der Waals surface area contributed by atoms with E-state index in [1.165, 1.54) is 12.1 Å². The average molecular weight is 218 g/mol. The average Bonchev–Trinajstić information content (AvgIpc) is 2.03. The number of hydrogen-bond donors (Lipinski definition) is 1. The molecule has 0 heterocycles. The maximum atomic E-state index is 12.8. The number of hydrogen-bond acceptors (Lipinski definition) is 1. The third-order valence-corrected chi connectivity index (χ3v) is 2.00. The van der Waals surface area contributed by atoms with Gasteiger partial charge in [0, 0.05) is 6.04 Å². The highest BCUT2D eigenvalue weighted by Gasteiger charge is 2.08. The Balaban J connectivity index is 0.00000169. The lowest BCUT2D eigenvalue weighted by molar-refractivity contribution is 0.507. The van der Waals surface area contributed by atoms with Gasteiger partial charge >= 0.3 is 0 Å². The highest BCUT2D eigenvalue weighted by Crippen LogP contribution is 2.18. The second-order valence-electron chi connectivity index (χ2n) is 3.79. The SMILES string of the molecule is CC(C)CC(N)c1cccc(F)c1.Cl. The summed E-state index contributed by atoms with van der Waals surface area (Å²) in [4.78, 5) is 0. The molecule has 3 heteroatoms. The number of nitrogens with two attached hydrogens (primary N) is 1. The van der Waals surface area contributed by atoms with Crippen molar-refractivity contribution in [2.24, 2.45) is 11.7 Å². The Bertz CT molecular complexity index is 276. The second-order valence-corrected chi connectivity index (χ2v) is 3.79. The van der Waals surface area contributed by atoms with E-state index in [1.54, 1.807) is 6.07 Å². The highest BCUT2D eigenvalue weighted by molar-refractivity contribution is 5.85. The van der Waals surface area contributed by atoms with Gasteiger partial charge < -0.3 is 5.73 Å². The van der Waals surface area contributed by atoms with Gasteiger partial charge in [0.05, 0.1) is 0 Å². The van der Waals surface area contributed by atoms with Crippen molar-refractivity contribution >= 4 is 12.4 Å². The molecular formula is C11H17ClFN. The van der Waals surface area contributed by atoms with Gasteiger partial charge in [0.2, 0.25) is 0 Å². The third kappa shape index (κ3) is 4.07. The summed E-state index contributed by atoms with van der Waals surface area (Å²) in [5, 5.41) is 0. The van der Waals surface area contributed by atoms with Crippen LogP contribution in [0.3, 0.4) is 0 Å². The number of benzene rings is 1. The maximum absolute atomic E-state index is 12.8. The molecular weight excluding hydrogens is 201 g/mol. The molecule has 0 amide bonds. The van der Waals surface area contributed by atoms with Gasteiger partial charge in [-0.15, -0.1) is 12.4 Å². The van der Waals surface area contributed by atoms with E-state index < -0.39 is 0 Å². The van der Waals surface area contributed by atoms with E-state index in [0.29, 0.717) is 5.92 Å². The molecule has 0 aliphatic carbocycles. The molecule has 0 radical (unpaired) electrons. The van der Waals surface area contributed by atoms with E-state index in [2.05, 4.69) is 13.8 Å². The van der Waals surface area contributed by atoms with Crippen LogP contribution in [0.25, 0.3) is 0 Å². The van der Waals surface area contributed by atoms with Crippen molar-refractivity contribution in [3.63, 3.8) is 0 Å². The summed E-state index contributed by atoms with van der Waals surface area (Å²) < 4.78 is 12.8. The summed E-state index contributed by atoms with van der Waals surface area (Å²) in [6, 6.07) is 6.47. The van der Waals surface area contributed by atoms with Crippen molar-refractivity contribution in [3.8, 4) is 0 Å². The summed E-state index contributed by atoms with van der Waals surface area (Å²) in [7, 11) is 0. The molecule has 1 nitrogen and oxygen atoms in total. The summed E-state index contributed by atoms with van der Waals surface area (Å²) in [6.45, 7) is 4.22. The van der Waals surface area contributed by atoms with Crippen LogP contribution in [0.1, 0.15) is 31.9 Å². The third-order valence-electron chi connectivity index (χ3n) is 2.00. The first-order chi connectivity index (χ1) is 6.09. The lowest BCUT2D eigenvalue weighted by Gasteiger charge is -2.14. The van der Waals surface area contributed by atoms with E-state index >= 15 is 0 Å². The molecule has 2 N–H and O–H groups in total. The van der Waals surface area contributed by atoms with Crippen molar-refractivity contribution in [1.82, 2.24) is 0 Å². The molecule has 1 aromatic rings. The van der Waals surface area contributed by atoms with Gasteiger partial charge in [0.1, 0.15) is 5.82 Å². The van der Waals surface area contributed by atoms with Gasteiger partial charge in [-0.3, -0.25) is 0 Å². The Kier molecular flexibility index (Phi) is 5.73. The van der Waals surface area contributed by atoms with Gasteiger partial charge in [-0.1, -0.05) is 26.0 Å². The lowest BCUT2D eigenvalue weighted by Crippen LogP contribution is -2.12. The highest BCUT2D eigenvalue weighted by atomic mass is 35.5. The largest absolute Gasteiger partial charge is 0.324 e. The maximum Gasteiger partial charge on any atom is 0.123 e. The Hall–Kier alpha value is -0.600. The second kappa shape index (κ2) is 5.99. The first-order valence-electron chi connectivity index (χ1n) is 4.60. The fourth-order valence-corrected chi connectivity index (χ4v) is 1.38. The smallest absolute Gasteiger partial charge is 0.123 e. The molecule has 80 valence electrons. The molecule has 0 aromatic heterocycles. The van der Waals surface area contributed by atoms with Crippen LogP contribution in [-0.2, 0) is 0 Å². The Morgan fingerprint density at radius 3 is 2.50 bits per heavy atom. The van der Waals surface area contributed by atoms with Crippen LogP contribution >= 0.6 is 12.4 Å². The van der Waals surface area contributed by atoms with E-state index in [1.807, 2.05) is 6.07 Å². The van der Waals surface area contributed by atoms with Crippen LogP contribution in [-0.4, -0.2) is 0 Å². The Morgan fingerprint density at radius 2 is 2.00 bits per heavy atom. The zero-order valence-corrected chi connectivity index (χ0v) is 9.35. The molecule has 0 saturated carbocycles. The van der Waals surface area contributed by atoms with Crippen LogP contribution in [0.2, 0.25) is 0 Å². The zero-order chi connectivity index (χ0) is 9.84. The predicted molar refractivity (Wildman–Crippen MR) is 60.0 cm³/mol. The number of rotatable bonds is 3. The van der Waals surface area contributed by atoms with E-state index in [4.69, 9.17) is 5.73 Å². The molecule has 0 aliphatic rings. The zero-order valence-electron chi connectivity index (χ0n) is 8.53. The summed E-state index contributed by atoms with van der Waals surface area (Å²) in [5.41, 5.74) is 6.78. The Labute approximate surface area is 90.9 Å². The topological polar surface area (TPSA) is 26.0 Å².